The Morgan fingerprint density at radius 3 is 2.58 bits per heavy atom. The monoisotopic (exact) mass is 337 g/mol. The van der Waals surface area contributed by atoms with E-state index in [0.717, 1.165) is 6.07 Å². The fraction of sp³-hybridized carbons (Fsp3) is 0.273. The highest BCUT2D eigenvalue weighted by Crippen LogP contribution is 2.36. The van der Waals surface area contributed by atoms with Gasteiger partial charge in [-0.25, -0.2) is 4.79 Å². The summed E-state index contributed by atoms with van der Waals surface area (Å²) in [5.41, 5.74) is -0.502. The number of ether oxygens (including phenoxy) is 2. The first-order chi connectivity index (χ1) is 8.80. The van der Waals surface area contributed by atoms with Gasteiger partial charge in [-0.3, -0.25) is 0 Å². The molecule has 0 radical (unpaired) electrons. The highest BCUT2D eigenvalue weighted by molar-refractivity contribution is 9.10. The smallest absolute Gasteiger partial charge is 0.462 e. The van der Waals surface area contributed by atoms with Crippen LogP contribution < -0.4 is 4.74 Å². The third-order valence-electron chi connectivity index (χ3n) is 1.93. The zero-order chi connectivity index (χ0) is 14.6. The van der Waals surface area contributed by atoms with Gasteiger partial charge in [0.25, 0.3) is 0 Å². The van der Waals surface area contributed by atoms with Crippen LogP contribution in [0.5, 0.6) is 5.75 Å². The molecule has 0 N–H and O–H groups in total. The maximum Gasteiger partial charge on any atom is 0.573 e. The number of nitriles is 1. The summed E-state index contributed by atoms with van der Waals surface area (Å²) in [6, 6.07) is 3.79. The molecule has 0 amide bonds. The van der Waals surface area contributed by atoms with E-state index in [9.17, 15) is 18.0 Å². The molecule has 0 spiro atoms. The lowest BCUT2D eigenvalue weighted by atomic mass is 10.1. The first-order valence-corrected chi connectivity index (χ1v) is 5.75. The summed E-state index contributed by atoms with van der Waals surface area (Å²) in [6.07, 6.45) is -4.97. The number of carbonyl (C=O) groups is 1. The SMILES string of the molecule is CCOC(=O)c1ccc(C#N)c(OC(F)(F)F)c1Br. The minimum absolute atomic E-state index is 0.0702. The van der Waals surface area contributed by atoms with E-state index in [1.807, 2.05) is 0 Å². The summed E-state index contributed by atoms with van der Waals surface area (Å²) >= 11 is 2.82. The third kappa shape index (κ3) is 3.86. The van der Waals surface area contributed by atoms with Crippen LogP contribution in [0, 0.1) is 11.3 Å². The van der Waals surface area contributed by atoms with Crippen LogP contribution >= 0.6 is 15.9 Å². The summed E-state index contributed by atoms with van der Waals surface area (Å²) < 4.78 is 44.9. The van der Waals surface area contributed by atoms with Crippen molar-refractivity contribution in [2.45, 2.75) is 13.3 Å². The number of carbonyl (C=O) groups excluding carboxylic acids is 1. The van der Waals surface area contributed by atoms with E-state index in [1.165, 1.54) is 6.07 Å². The molecule has 0 atom stereocenters. The maximum atomic E-state index is 12.2. The van der Waals surface area contributed by atoms with Crippen molar-refractivity contribution in [3.8, 4) is 11.8 Å². The van der Waals surface area contributed by atoms with Gasteiger partial charge in [0, 0.05) is 0 Å². The Hall–Kier alpha value is -1.75. The summed E-state index contributed by atoms with van der Waals surface area (Å²) in [7, 11) is 0. The van der Waals surface area contributed by atoms with Crippen molar-refractivity contribution in [3.05, 3.63) is 27.7 Å². The second-order valence-corrected chi connectivity index (χ2v) is 3.98. The zero-order valence-corrected chi connectivity index (χ0v) is 11.1. The first kappa shape index (κ1) is 15.3. The van der Waals surface area contributed by atoms with E-state index in [4.69, 9.17) is 5.26 Å². The summed E-state index contributed by atoms with van der Waals surface area (Å²) in [6.45, 7) is 1.63. The molecule has 0 aliphatic carbocycles. The molecular formula is C11H7BrF3NO3. The van der Waals surface area contributed by atoms with E-state index in [1.54, 1.807) is 13.0 Å². The average molecular weight is 338 g/mol. The molecule has 1 rings (SSSR count). The largest absolute Gasteiger partial charge is 0.573 e. The van der Waals surface area contributed by atoms with Crippen LogP contribution in [0.4, 0.5) is 13.2 Å². The van der Waals surface area contributed by atoms with Crippen LogP contribution in [-0.4, -0.2) is 18.9 Å². The van der Waals surface area contributed by atoms with Gasteiger partial charge in [-0.2, -0.15) is 5.26 Å². The highest BCUT2D eigenvalue weighted by atomic mass is 79.9. The lowest BCUT2D eigenvalue weighted by Gasteiger charge is -2.14. The molecule has 0 fully saturated rings. The van der Waals surface area contributed by atoms with Gasteiger partial charge in [0.1, 0.15) is 6.07 Å². The summed E-state index contributed by atoms with van der Waals surface area (Å²) in [5, 5.41) is 8.74. The Bertz CT molecular complexity index is 537. The quantitative estimate of drug-likeness (QED) is 0.793. The second-order valence-electron chi connectivity index (χ2n) is 3.18. The fourth-order valence-electron chi connectivity index (χ4n) is 1.23. The predicted octanol–water partition coefficient (Wildman–Crippen LogP) is 3.40. The number of hydrogen-bond acceptors (Lipinski definition) is 4. The van der Waals surface area contributed by atoms with E-state index >= 15 is 0 Å². The van der Waals surface area contributed by atoms with Crippen molar-refractivity contribution < 1.29 is 27.4 Å². The van der Waals surface area contributed by atoms with Crippen LogP contribution in [0.1, 0.15) is 22.8 Å². The van der Waals surface area contributed by atoms with Crippen molar-refractivity contribution in [1.29, 1.82) is 5.26 Å². The number of benzene rings is 1. The molecule has 1 aromatic rings. The molecule has 0 saturated heterocycles. The topological polar surface area (TPSA) is 59.3 Å². The van der Waals surface area contributed by atoms with Crippen LogP contribution in [0.25, 0.3) is 0 Å². The first-order valence-electron chi connectivity index (χ1n) is 4.95. The Morgan fingerprint density at radius 1 is 1.47 bits per heavy atom. The van der Waals surface area contributed by atoms with Gasteiger partial charge in [0.05, 0.1) is 22.2 Å². The molecule has 0 heterocycles. The lowest BCUT2D eigenvalue weighted by Crippen LogP contribution is -2.19. The van der Waals surface area contributed by atoms with Crippen LogP contribution in [0.3, 0.4) is 0 Å². The molecule has 0 aliphatic heterocycles. The maximum absolute atomic E-state index is 12.2. The zero-order valence-electron chi connectivity index (χ0n) is 9.55. The van der Waals surface area contributed by atoms with Gasteiger partial charge in [-0.1, -0.05) is 0 Å². The third-order valence-corrected chi connectivity index (χ3v) is 2.72. The number of nitrogens with zero attached hydrogens (tertiary/aromatic N) is 1. The predicted molar refractivity (Wildman–Crippen MR) is 61.5 cm³/mol. The van der Waals surface area contributed by atoms with E-state index < -0.39 is 18.1 Å². The van der Waals surface area contributed by atoms with Gasteiger partial charge in [-0.05, 0) is 35.0 Å². The van der Waals surface area contributed by atoms with Gasteiger partial charge >= 0.3 is 12.3 Å². The number of hydrogen-bond donors (Lipinski definition) is 0. The number of rotatable bonds is 3. The van der Waals surface area contributed by atoms with Gasteiger partial charge in [-0.15, -0.1) is 13.2 Å². The number of halogens is 4. The molecule has 102 valence electrons. The Labute approximate surface area is 114 Å². The minimum Gasteiger partial charge on any atom is -0.462 e. The van der Waals surface area contributed by atoms with Crippen LogP contribution in [0.2, 0.25) is 0 Å². The second kappa shape index (κ2) is 5.93. The van der Waals surface area contributed by atoms with E-state index in [2.05, 4.69) is 25.4 Å². The Balaban J connectivity index is 3.31. The minimum atomic E-state index is -4.97. The van der Waals surface area contributed by atoms with E-state index in [-0.39, 0.29) is 22.2 Å². The van der Waals surface area contributed by atoms with Crippen molar-refractivity contribution in [2.75, 3.05) is 6.61 Å². The summed E-state index contributed by atoms with van der Waals surface area (Å²) in [5.74, 6) is -1.58. The molecule has 0 bridgehead atoms. The Morgan fingerprint density at radius 2 is 2.11 bits per heavy atom. The number of esters is 1. The van der Waals surface area contributed by atoms with Gasteiger partial charge in [0.15, 0.2) is 5.75 Å². The molecule has 1 aromatic carbocycles. The molecule has 0 saturated carbocycles. The van der Waals surface area contributed by atoms with Crippen molar-refractivity contribution in [3.63, 3.8) is 0 Å². The molecule has 4 nitrogen and oxygen atoms in total. The van der Waals surface area contributed by atoms with Gasteiger partial charge < -0.3 is 9.47 Å². The van der Waals surface area contributed by atoms with Crippen LogP contribution in [-0.2, 0) is 4.74 Å². The van der Waals surface area contributed by atoms with Crippen molar-refractivity contribution >= 4 is 21.9 Å². The standard InChI is InChI=1S/C11H7BrF3NO3/c1-2-18-10(17)7-4-3-6(5-16)9(8(7)12)19-11(13,14)15/h3-4H,2H2,1H3. The normalized spacial score (nSPS) is 10.7. The van der Waals surface area contributed by atoms with Crippen molar-refractivity contribution in [1.82, 2.24) is 0 Å². The molecule has 19 heavy (non-hydrogen) atoms. The van der Waals surface area contributed by atoms with Gasteiger partial charge in [0.2, 0.25) is 0 Å². The van der Waals surface area contributed by atoms with E-state index in [0.29, 0.717) is 0 Å². The Kier molecular flexibility index (Phi) is 4.78. The lowest BCUT2D eigenvalue weighted by molar-refractivity contribution is -0.275. The summed E-state index contributed by atoms with van der Waals surface area (Å²) in [4.78, 5) is 11.5. The van der Waals surface area contributed by atoms with Crippen molar-refractivity contribution in [2.24, 2.45) is 0 Å². The average Bonchev–Trinajstić information content (AvgIpc) is 2.30. The molecule has 0 aromatic heterocycles. The highest BCUT2D eigenvalue weighted by Gasteiger charge is 2.34. The molecular weight excluding hydrogens is 331 g/mol. The van der Waals surface area contributed by atoms with Crippen LogP contribution in [0.15, 0.2) is 16.6 Å². The molecule has 0 unspecified atom stereocenters. The number of alkyl halides is 3. The molecule has 8 heteroatoms. The molecule has 0 aliphatic rings. The fourth-order valence-corrected chi connectivity index (χ4v) is 1.81.